The Bertz CT molecular complexity index is 991. The van der Waals surface area contributed by atoms with Gasteiger partial charge in [-0.25, -0.2) is 5.43 Å². The van der Waals surface area contributed by atoms with Gasteiger partial charge in [-0.1, -0.05) is 71.4 Å². The number of hydrazone groups is 1. The van der Waals surface area contributed by atoms with Crippen molar-refractivity contribution in [1.29, 1.82) is 0 Å². The smallest absolute Gasteiger partial charge is 0.250 e. The Labute approximate surface area is 177 Å². The first-order chi connectivity index (χ1) is 13.6. The van der Waals surface area contributed by atoms with Crippen LogP contribution in [-0.4, -0.2) is 32.6 Å². The maximum absolute atomic E-state index is 12.1. The van der Waals surface area contributed by atoms with Crippen LogP contribution in [0.5, 0.6) is 0 Å². The summed E-state index contributed by atoms with van der Waals surface area (Å²) >= 11 is 13.2. The van der Waals surface area contributed by atoms with Gasteiger partial charge in [-0.05, 0) is 19.1 Å². The molecule has 2 aromatic carbocycles. The highest BCUT2D eigenvalue weighted by molar-refractivity contribution is 7.99. The molecular weight excluding hydrogens is 417 g/mol. The van der Waals surface area contributed by atoms with E-state index < -0.39 is 0 Å². The van der Waals surface area contributed by atoms with E-state index >= 15 is 0 Å². The van der Waals surface area contributed by atoms with E-state index in [0.29, 0.717) is 27.3 Å². The molecule has 3 aromatic rings. The Balaban J connectivity index is 1.59. The van der Waals surface area contributed by atoms with E-state index in [1.165, 1.54) is 18.0 Å². The van der Waals surface area contributed by atoms with Crippen LogP contribution in [0.4, 0.5) is 0 Å². The molecular formula is C19H17Cl2N5OS. The topological polar surface area (TPSA) is 72.2 Å². The maximum Gasteiger partial charge on any atom is 0.250 e. The zero-order chi connectivity index (χ0) is 19.9. The van der Waals surface area contributed by atoms with Crippen LogP contribution in [0.1, 0.15) is 12.5 Å². The van der Waals surface area contributed by atoms with Crippen LogP contribution in [0, 0.1) is 0 Å². The van der Waals surface area contributed by atoms with Crippen molar-refractivity contribution in [2.45, 2.75) is 18.6 Å². The number of benzene rings is 2. The molecule has 0 saturated carbocycles. The van der Waals surface area contributed by atoms with E-state index in [2.05, 4.69) is 20.7 Å². The summed E-state index contributed by atoms with van der Waals surface area (Å²) in [7, 11) is 0. The highest BCUT2D eigenvalue weighted by Gasteiger charge is 2.14. The summed E-state index contributed by atoms with van der Waals surface area (Å²) in [5, 5.41) is 14.1. The molecule has 0 saturated heterocycles. The van der Waals surface area contributed by atoms with Gasteiger partial charge in [0.25, 0.3) is 5.91 Å². The number of carbonyl (C=O) groups is 1. The zero-order valence-corrected chi connectivity index (χ0v) is 17.3. The predicted molar refractivity (Wildman–Crippen MR) is 114 cm³/mol. The minimum atomic E-state index is -0.252. The van der Waals surface area contributed by atoms with E-state index in [-0.39, 0.29) is 11.7 Å². The average molecular weight is 434 g/mol. The summed E-state index contributed by atoms with van der Waals surface area (Å²) in [6.45, 7) is 2.72. The average Bonchev–Trinajstić information content (AvgIpc) is 3.11. The number of hydrogen-bond acceptors (Lipinski definition) is 5. The lowest BCUT2D eigenvalue weighted by atomic mass is 10.2. The molecule has 0 fully saturated rings. The van der Waals surface area contributed by atoms with Gasteiger partial charge in [-0.15, -0.1) is 10.2 Å². The molecule has 28 heavy (non-hydrogen) atoms. The number of thioether (sulfide) groups is 1. The van der Waals surface area contributed by atoms with E-state index in [0.717, 1.165) is 11.4 Å². The number of amides is 1. The van der Waals surface area contributed by atoms with Crippen LogP contribution >= 0.6 is 35.0 Å². The first-order valence-corrected chi connectivity index (χ1v) is 10.2. The second-order valence-corrected chi connectivity index (χ2v) is 7.45. The number of nitrogens with one attached hydrogen (secondary N) is 1. The fourth-order valence-corrected chi connectivity index (χ4v) is 3.68. The van der Waals surface area contributed by atoms with Gasteiger partial charge in [0, 0.05) is 22.7 Å². The third kappa shape index (κ3) is 5.13. The summed E-state index contributed by atoms with van der Waals surface area (Å²) in [4.78, 5) is 12.1. The second kappa shape index (κ2) is 9.73. The van der Waals surface area contributed by atoms with Gasteiger partial charge in [-0.3, -0.25) is 4.79 Å². The predicted octanol–water partition coefficient (Wildman–Crippen LogP) is 4.51. The van der Waals surface area contributed by atoms with Gasteiger partial charge >= 0.3 is 0 Å². The molecule has 0 aliphatic rings. The van der Waals surface area contributed by atoms with Gasteiger partial charge in [-0.2, -0.15) is 5.10 Å². The van der Waals surface area contributed by atoms with E-state index in [1.54, 1.807) is 18.2 Å². The molecule has 0 atom stereocenters. The Kier molecular flexibility index (Phi) is 7.08. The first-order valence-electron chi connectivity index (χ1n) is 8.47. The molecule has 0 radical (unpaired) electrons. The van der Waals surface area contributed by atoms with Crippen LogP contribution in [0.3, 0.4) is 0 Å². The molecule has 9 heteroatoms. The molecule has 1 aromatic heterocycles. The third-order valence-corrected chi connectivity index (χ3v) is 5.28. The van der Waals surface area contributed by atoms with Crippen LogP contribution in [0.15, 0.2) is 58.8 Å². The summed E-state index contributed by atoms with van der Waals surface area (Å²) in [5.41, 5.74) is 4.13. The third-order valence-electron chi connectivity index (χ3n) is 3.75. The lowest BCUT2D eigenvalue weighted by Crippen LogP contribution is -2.20. The molecule has 6 nitrogen and oxygen atoms in total. The monoisotopic (exact) mass is 433 g/mol. The minimum absolute atomic E-state index is 0.165. The Morgan fingerprint density at radius 1 is 1.21 bits per heavy atom. The first kappa shape index (κ1) is 20.4. The maximum atomic E-state index is 12.1. The number of hydrogen-bond donors (Lipinski definition) is 1. The summed E-state index contributed by atoms with van der Waals surface area (Å²) in [6, 6.07) is 14.9. The Morgan fingerprint density at radius 2 is 2.00 bits per heavy atom. The van der Waals surface area contributed by atoms with Gasteiger partial charge < -0.3 is 4.57 Å². The summed E-state index contributed by atoms with van der Waals surface area (Å²) in [5.74, 6) is 0.693. The van der Waals surface area contributed by atoms with Gasteiger partial charge in [0.15, 0.2) is 11.0 Å². The molecule has 0 unspecified atom stereocenters. The van der Waals surface area contributed by atoms with Gasteiger partial charge in [0.05, 0.1) is 17.0 Å². The SMILES string of the molecule is CCn1c(SCC(=O)NN=Cc2ccc(Cl)cc2Cl)nnc1-c1ccccc1. The molecule has 144 valence electrons. The van der Waals surface area contributed by atoms with Crippen molar-refractivity contribution in [3.8, 4) is 11.4 Å². The fourth-order valence-electron chi connectivity index (χ4n) is 2.42. The molecule has 0 spiro atoms. The molecule has 0 aliphatic heterocycles. The minimum Gasteiger partial charge on any atom is -0.302 e. The van der Waals surface area contributed by atoms with Gasteiger partial charge in [0.2, 0.25) is 0 Å². The van der Waals surface area contributed by atoms with Crippen LogP contribution in [-0.2, 0) is 11.3 Å². The second-order valence-electron chi connectivity index (χ2n) is 5.66. The summed E-state index contributed by atoms with van der Waals surface area (Å²) < 4.78 is 1.98. The Morgan fingerprint density at radius 3 is 2.71 bits per heavy atom. The number of rotatable bonds is 7. The normalized spacial score (nSPS) is 11.1. The quantitative estimate of drug-likeness (QED) is 0.337. The van der Waals surface area contributed by atoms with Crippen LogP contribution in [0.2, 0.25) is 10.0 Å². The summed E-state index contributed by atoms with van der Waals surface area (Å²) in [6.07, 6.45) is 1.48. The van der Waals surface area contributed by atoms with E-state index in [4.69, 9.17) is 23.2 Å². The van der Waals surface area contributed by atoms with Crippen LogP contribution < -0.4 is 5.43 Å². The van der Waals surface area contributed by atoms with Crippen molar-refractivity contribution in [2.75, 3.05) is 5.75 Å². The standard InChI is InChI=1S/C19H17Cl2N5OS/c1-2-26-18(13-6-4-3-5-7-13)24-25-19(26)28-12-17(27)23-22-11-14-8-9-15(20)10-16(14)21/h3-11H,2,12H2,1H3,(H,23,27). The molecule has 3 rings (SSSR count). The van der Waals surface area contributed by atoms with Crippen molar-refractivity contribution in [3.05, 3.63) is 64.1 Å². The van der Waals surface area contributed by atoms with Crippen molar-refractivity contribution in [1.82, 2.24) is 20.2 Å². The highest BCUT2D eigenvalue weighted by atomic mass is 35.5. The molecule has 0 aliphatic carbocycles. The lowest BCUT2D eigenvalue weighted by molar-refractivity contribution is -0.118. The van der Waals surface area contributed by atoms with Gasteiger partial charge in [0.1, 0.15) is 0 Å². The van der Waals surface area contributed by atoms with Crippen molar-refractivity contribution < 1.29 is 4.79 Å². The number of halogens is 2. The fraction of sp³-hybridized carbons (Fsp3) is 0.158. The lowest BCUT2D eigenvalue weighted by Gasteiger charge is -2.06. The highest BCUT2D eigenvalue weighted by Crippen LogP contribution is 2.23. The zero-order valence-electron chi connectivity index (χ0n) is 15.0. The Hall–Kier alpha value is -2.35. The molecule has 1 heterocycles. The van der Waals surface area contributed by atoms with Crippen LogP contribution in [0.25, 0.3) is 11.4 Å². The number of aromatic nitrogens is 3. The number of carbonyl (C=O) groups excluding carboxylic acids is 1. The number of nitrogens with zero attached hydrogens (tertiary/aromatic N) is 4. The largest absolute Gasteiger partial charge is 0.302 e. The molecule has 1 N–H and O–H groups in total. The van der Waals surface area contributed by atoms with E-state index in [1.807, 2.05) is 41.8 Å². The molecule has 1 amide bonds. The van der Waals surface area contributed by atoms with Crippen molar-refractivity contribution >= 4 is 47.1 Å². The molecule has 0 bridgehead atoms. The van der Waals surface area contributed by atoms with E-state index in [9.17, 15) is 4.79 Å². The van der Waals surface area contributed by atoms with Crippen molar-refractivity contribution in [2.24, 2.45) is 5.10 Å². The van der Waals surface area contributed by atoms with Crippen molar-refractivity contribution in [3.63, 3.8) is 0 Å².